The predicted molar refractivity (Wildman–Crippen MR) is 52.9 cm³/mol. The van der Waals surface area contributed by atoms with Gasteiger partial charge in [0.15, 0.2) is 5.82 Å². The summed E-state index contributed by atoms with van der Waals surface area (Å²) in [7, 11) is 1.66. The van der Waals surface area contributed by atoms with Crippen molar-refractivity contribution >= 4 is 0 Å². The van der Waals surface area contributed by atoms with Gasteiger partial charge in [-0.1, -0.05) is 0 Å². The number of aromatic nitrogens is 5. The highest BCUT2D eigenvalue weighted by Gasteiger charge is 2.07. The predicted octanol–water partition coefficient (Wildman–Crippen LogP) is 0.381. The summed E-state index contributed by atoms with van der Waals surface area (Å²) in [6.45, 7) is 1.32. The Hall–Kier alpha value is -1.82. The van der Waals surface area contributed by atoms with Crippen LogP contribution in [0.3, 0.4) is 0 Å². The van der Waals surface area contributed by atoms with Crippen LogP contribution in [0.4, 0.5) is 0 Å². The molecule has 0 aliphatic rings. The zero-order valence-electron chi connectivity index (χ0n) is 8.37. The second-order valence-corrected chi connectivity index (χ2v) is 2.93. The SMILES string of the molecule is COCCn1cnnc1-c1cnccn1. The molecule has 0 atom stereocenters. The van der Waals surface area contributed by atoms with Crippen LogP contribution in [0.25, 0.3) is 11.5 Å². The summed E-state index contributed by atoms with van der Waals surface area (Å²) in [5.74, 6) is 0.708. The molecule has 0 amide bonds. The van der Waals surface area contributed by atoms with Crippen LogP contribution in [-0.2, 0) is 11.3 Å². The number of hydrogen-bond acceptors (Lipinski definition) is 5. The quantitative estimate of drug-likeness (QED) is 0.722. The lowest BCUT2D eigenvalue weighted by Crippen LogP contribution is -2.05. The Morgan fingerprint density at radius 1 is 1.40 bits per heavy atom. The van der Waals surface area contributed by atoms with Gasteiger partial charge in [-0.25, -0.2) is 4.98 Å². The van der Waals surface area contributed by atoms with E-state index in [4.69, 9.17) is 4.74 Å². The molecule has 0 aliphatic heterocycles. The summed E-state index contributed by atoms with van der Waals surface area (Å²) in [5.41, 5.74) is 0.714. The first-order chi connectivity index (χ1) is 7.42. The van der Waals surface area contributed by atoms with Crippen LogP contribution in [0.5, 0.6) is 0 Å². The lowest BCUT2D eigenvalue weighted by Gasteiger charge is -2.03. The minimum absolute atomic E-state index is 0.616. The van der Waals surface area contributed by atoms with Crippen molar-refractivity contribution in [2.75, 3.05) is 13.7 Å². The van der Waals surface area contributed by atoms with Crippen LogP contribution in [0, 0.1) is 0 Å². The van der Waals surface area contributed by atoms with Gasteiger partial charge in [0.25, 0.3) is 0 Å². The lowest BCUT2D eigenvalue weighted by molar-refractivity contribution is 0.187. The number of ether oxygens (including phenoxy) is 1. The van der Waals surface area contributed by atoms with Gasteiger partial charge in [0.05, 0.1) is 12.8 Å². The van der Waals surface area contributed by atoms with Gasteiger partial charge in [0.2, 0.25) is 0 Å². The van der Waals surface area contributed by atoms with Crippen LogP contribution < -0.4 is 0 Å². The average molecular weight is 205 g/mol. The monoisotopic (exact) mass is 205 g/mol. The maximum absolute atomic E-state index is 4.99. The van der Waals surface area contributed by atoms with Gasteiger partial charge in [-0.05, 0) is 0 Å². The van der Waals surface area contributed by atoms with E-state index in [1.807, 2.05) is 4.57 Å². The van der Waals surface area contributed by atoms with Gasteiger partial charge in [-0.2, -0.15) is 0 Å². The van der Waals surface area contributed by atoms with Gasteiger partial charge in [-0.3, -0.25) is 4.98 Å². The molecule has 2 aromatic heterocycles. The first kappa shape index (κ1) is 9.72. The Labute approximate surface area is 87.0 Å². The summed E-state index contributed by atoms with van der Waals surface area (Å²) >= 11 is 0. The molecule has 0 saturated heterocycles. The van der Waals surface area contributed by atoms with E-state index in [-0.39, 0.29) is 0 Å². The fourth-order valence-corrected chi connectivity index (χ4v) is 1.22. The van der Waals surface area contributed by atoms with Crippen LogP contribution in [0.15, 0.2) is 24.9 Å². The average Bonchev–Trinajstić information content (AvgIpc) is 2.75. The zero-order chi connectivity index (χ0) is 10.5. The Balaban J connectivity index is 2.25. The fourth-order valence-electron chi connectivity index (χ4n) is 1.22. The summed E-state index contributed by atoms with van der Waals surface area (Å²) in [4.78, 5) is 8.15. The summed E-state index contributed by atoms with van der Waals surface area (Å²) in [6.07, 6.45) is 6.57. The Morgan fingerprint density at radius 3 is 3.07 bits per heavy atom. The Kier molecular flexibility index (Phi) is 2.99. The summed E-state index contributed by atoms with van der Waals surface area (Å²) in [5, 5.41) is 7.84. The third-order valence-corrected chi connectivity index (χ3v) is 1.94. The van der Waals surface area contributed by atoms with Crippen LogP contribution in [-0.4, -0.2) is 38.4 Å². The minimum atomic E-state index is 0.616. The highest BCUT2D eigenvalue weighted by atomic mass is 16.5. The van der Waals surface area contributed by atoms with Crippen LogP contribution in [0.2, 0.25) is 0 Å². The van der Waals surface area contributed by atoms with Crippen molar-refractivity contribution in [3.8, 4) is 11.5 Å². The second kappa shape index (κ2) is 4.61. The van der Waals surface area contributed by atoms with Gasteiger partial charge >= 0.3 is 0 Å². The fraction of sp³-hybridized carbons (Fsp3) is 0.333. The van der Waals surface area contributed by atoms with Gasteiger partial charge in [0, 0.05) is 26.0 Å². The molecule has 2 rings (SSSR count). The van der Waals surface area contributed by atoms with E-state index >= 15 is 0 Å². The van der Waals surface area contributed by atoms with Crippen molar-refractivity contribution in [1.82, 2.24) is 24.7 Å². The maximum Gasteiger partial charge on any atom is 0.184 e. The van der Waals surface area contributed by atoms with Crippen molar-refractivity contribution in [3.63, 3.8) is 0 Å². The van der Waals surface area contributed by atoms with Crippen molar-refractivity contribution in [2.24, 2.45) is 0 Å². The summed E-state index contributed by atoms with van der Waals surface area (Å²) < 4.78 is 6.88. The molecule has 2 aromatic rings. The highest BCUT2D eigenvalue weighted by Crippen LogP contribution is 2.10. The topological polar surface area (TPSA) is 65.7 Å². The molecule has 0 aliphatic carbocycles. The van der Waals surface area contributed by atoms with Crippen molar-refractivity contribution in [1.29, 1.82) is 0 Å². The van der Waals surface area contributed by atoms with Crippen LogP contribution in [0.1, 0.15) is 0 Å². The largest absolute Gasteiger partial charge is 0.383 e. The van der Waals surface area contributed by atoms with Crippen molar-refractivity contribution in [2.45, 2.75) is 6.54 Å². The molecular formula is C9H11N5O. The molecule has 6 heteroatoms. The van der Waals surface area contributed by atoms with E-state index in [2.05, 4.69) is 20.2 Å². The minimum Gasteiger partial charge on any atom is -0.383 e. The first-order valence-electron chi connectivity index (χ1n) is 4.55. The first-order valence-corrected chi connectivity index (χ1v) is 4.55. The normalized spacial score (nSPS) is 10.5. The molecular weight excluding hydrogens is 194 g/mol. The molecule has 0 bridgehead atoms. The van der Waals surface area contributed by atoms with E-state index in [1.54, 1.807) is 32.0 Å². The third kappa shape index (κ3) is 2.16. The third-order valence-electron chi connectivity index (χ3n) is 1.94. The van der Waals surface area contributed by atoms with Gasteiger partial charge in [0.1, 0.15) is 12.0 Å². The number of hydrogen-bond donors (Lipinski definition) is 0. The molecule has 2 heterocycles. The number of nitrogens with zero attached hydrogens (tertiary/aromatic N) is 5. The molecule has 78 valence electrons. The van der Waals surface area contributed by atoms with Crippen LogP contribution >= 0.6 is 0 Å². The molecule has 0 aromatic carbocycles. The number of rotatable bonds is 4. The molecule has 15 heavy (non-hydrogen) atoms. The Bertz CT molecular complexity index is 413. The zero-order valence-corrected chi connectivity index (χ0v) is 8.37. The van der Waals surface area contributed by atoms with Gasteiger partial charge in [-0.15, -0.1) is 10.2 Å². The Morgan fingerprint density at radius 2 is 2.33 bits per heavy atom. The molecule has 6 nitrogen and oxygen atoms in total. The van der Waals surface area contributed by atoms with E-state index in [1.165, 1.54) is 0 Å². The number of methoxy groups -OCH3 is 1. The molecule has 0 fully saturated rings. The van der Waals surface area contributed by atoms with E-state index in [0.717, 1.165) is 0 Å². The smallest absolute Gasteiger partial charge is 0.184 e. The lowest BCUT2D eigenvalue weighted by atomic mass is 10.4. The molecule has 0 N–H and O–H groups in total. The van der Waals surface area contributed by atoms with E-state index in [9.17, 15) is 0 Å². The molecule has 0 saturated carbocycles. The highest BCUT2D eigenvalue weighted by molar-refractivity contribution is 5.46. The molecule has 0 spiro atoms. The van der Waals surface area contributed by atoms with Crippen molar-refractivity contribution in [3.05, 3.63) is 24.9 Å². The van der Waals surface area contributed by atoms with E-state index in [0.29, 0.717) is 24.7 Å². The second-order valence-electron chi connectivity index (χ2n) is 2.93. The van der Waals surface area contributed by atoms with E-state index < -0.39 is 0 Å². The maximum atomic E-state index is 4.99. The molecule has 0 unspecified atom stereocenters. The molecule has 0 radical (unpaired) electrons. The standard InChI is InChI=1S/C9H11N5O/c1-15-5-4-14-7-12-13-9(14)8-6-10-2-3-11-8/h2-3,6-7H,4-5H2,1H3. The van der Waals surface area contributed by atoms with Crippen molar-refractivity contribution < 1.29 is 4.74 Å². The summed E-state index contributed by atoms with van der Waals surface area (Å²) in [6, 6.07) is 0. The van der Waals surface area contributed by atoms with Gasteiger partial charge < -0.3 is 9.30 Å².